The molecule has 2 aromatic carbocycles. The van der Waals surface area contributed by atoms with Gasteiger partial charge in [-0.15, -0.1) is 0 Å². The Hall–Kier alpha value is -2.86. The van der Waals surface area contributed by atoms with Gasteiger partial charge in [-0.2, -0.15) is 4.98 Å². The smallest absolute Gasteiger partial charge is 0.279 e. The molecule has 0 saturated carbocycles. The zero-order valence-electron chi connectivity index (χ0n) is 15.8. The number of hydrogen-bond acceptors (Lipinski definition) is 4. The van der Waals surface area contributed by atoms with Crippen LogP contribution in [0, 0.1) is 6.92 Å². The van der Waals surface area contributed by atoms with Gasteiger partial charge in [0.15, 0.2) is 5.16 Å². The minimum Gasteiger partial charge on any atom is -0.312 e. The van der Waals surface area contributed by atoms with Gasteiger partial charge in [0, 0.05) is 25.1 Å². The summed E-state index contributed by atoms with van der Waals surface area (Å²) in [6.07, 6.45) is 0.253. The zero-order valence-corrected chi connectivity index (χ0v) is 16.6. The number of carbonyl (C=O) groups is 1. The van der Waals surface area contributed by atoms with E-state index in [0.717, 1.165) is 16.7 Å². The van der Waals surface area contributed by atoms with E-state index in [1.165, 1.54) is 11.8 Å². The monoisotopic (exact) mass is 391 g/mol. The highest BCUT2D eigenvalue weighted by Gasteiger charge is 2.32. The Labute approximate surface area is 167 Å². The molecule has 1 aromatic heterocycles. The highest BCUT2D eigenvalue weighted by Crippen LogP contribution is 2.36. The van der Waals surface area contributed by atoms with Crippen molar-refractivity contribution in [2.75, 3.05) is 5.32 Å². The maximum Gasteiger partial charge on any atom is 0.279 e. The fraction of sp³-hybridized carbons (Fsp3) is 0.227. The number of aryl methyl sites for hydroxylation is 1. The van der Waals surface area contributed by atoms with E-state index in [4.69, 9.17) is 0 Å². The van der Waals surface area contributed by atoms with Crippen LogP contribution >= 0.6 is 11.8 Å². The topological polar surface area (TPSA) is 64.0 Å². The number of nitrogens with zero attached hydrogens (tertiary/aromatic N) is 2. The number of hydrogen-bond donors (Lipinski definition) is 1. The van der Waals surface area contributed by atoms with Gasteiger partial charge in [0.1, 0.15) is 5.82 Å². The molecule has 0 saturated heterocycles. The number of nitrogens with one attached hydrogen (secondary N) is 1. The van der Waals surface area contributed by atoms with E-state index in [-0.39, 0.29) is 23.8 Å². The summed E-state index contributed by atoms with van der Waals surface area (Å²) in [6.45, 7) is 2.02. The van der Waals surface area contributed by atoms with E-state index in [0.29, 0.717) is 22.3 Å². The molecular formula is C22H21N3O2S. The highest BCUT2D eigenvalue weighted by molar-refractivity contribution is 7.98. The average molecular weight is 391 g/mol. The lowest BCUT2D eigenvalue weighted by Crippen LogP contribution is -2.33. The van der Waals surface area contributed by atoms with Crippen molar-refractivity contribution in [2.24, 2.45) is 7.05 Å². The number of benzene rings is 2. The number of carbonyl (C=O) groups excluding carboxylic acids is 1. The normalized spacial score (nSPS) is 15.8. The Kier molecular flexibility index (Phi) is 5.05. The molecule has 0 spiro atoms. The molecule has 2 heterocycles. The van der Waals surface area contributed by atoms with E-state index in [2.05, 4.69) is 10.3 Å². The van der Waals surface area contributed by atoms with Crippen molar-refractivity contribution in [2.45, 2.75) is 30.2 Å². The average Bonchev–Trinajstić information content (AvgIpc) is 2.70. The summed E-state index contributed by atoms with van der Waals surface area (Å²) < 4.78 is 1.82. The molecule has 0 bridgehead atoms. The van der Waals surface area contributed by atoms with Crippen LogP contribution in [0.25, 0.3) is 0 Å². The Bertz CT molecular complexity index is 1080. The van der Waals surface area contributed by atoms with Gasteiger partial charge in [-0.25, -0.2) is 0 Å². The number of aromatic nitrogens is 2. The third kappa shape index (κ3) is 3.60. The van der Waals surface area contributed by atoms with E-state index >= 15 is 0 Å². The molecule has 0 radical (unpaired) electrons. The van der Waals surface area contributed by atoms with Gasteiger partial charge in [-0.3, -0.25) is 9.59 Å². The van der Waals surface area contributed by atoms with E-state index < -0.39 is 0 Å². The number of anilines is 1. The molecule has 3 aromatic rings. The van der Waals surface area contributed by atoms with Crippen LogP contribution in [0.1, 0.15) is 34.6 Å². The zero-order chi connectivity index (χ0) is 19.7. The predicted octanol–water partition coefficient (Wildman–Crippen LogP) is 3.86. The van der Waals surface area contributed by atoms with Gasteiger partial charge in [0.25, 0.3) is 5.56 Å². The van der Waals surface area contributed by atoms with Crippen molar-refractivity contribution < 1.29 is 4.79 Å². The third-order valence-corrected chi connectivity index (χ3v) is 6.09. The van der Waals surface area contributed by atoms with Gasteiger partial charge < -0.3 is 9.88 Å². The maximum atomic E-state index is 12.9. The van der Waals surface area contributed by atoms with Gasteiger partial charge in [0.2, 0.25) is 5.91 Å². The molecule has 1 aliphatic heterocycles. The summed E-state index contributed by atoms with van der Waals surface area (Å²) in [6, 6.07) is 18.0. The van der Waals surface area contributed by atoms with Gasteiger partial charge >= 0.3 is 0 Å². The van der Waals surface area contributed by atoms with Crippen molar-refractivity contribution in [3.05, 3.63) is 87.2 Å². The fourth-order valence-electron chi connectivity index (χ4n) is 3.47. The van der Waals surface area contributed by atoms with Crippen molar-refractivity contribution >= 4 is 23.5 Å². The second kappa shape index (κ2) is 7.64. The first-order valence-corrected chi connectivity index (χ1v) is 10.2. The van der Waals surface area contributed by atoms with Crippen molar-refractivity contribution in [1.82, 2.24) is 9.55 Å². The fourth-order valence-corrected chi connectivity index (χ4v) is 4.39. The SMILES string of the molecule is Cc1ccc(C2CC(=O)Nc3c2c(=O)nc(SCc2ccccc2)n3C)cc1. The lowest BCUT2D eigenvalue weighted by atomic mass is 9.86. The van der Waals surface area contributed by atoms with Crippen LogP contribution in [-0.2, 0) is 17.6 Å². The van der Waals surface area contributed by atoms with Gasteiger partial charge in [0.05, 0.1) is 5.56 Å². The van der Waals surface area contributed by atoms with Crippen LogP contribution in [0.2, 0.25) is 0 Å². The van der Waals surface area contributed by atoms with Crippen molar-refractivity contribution in [3.63, 3.8) is 0 Å². The summed E-state index contributed by atoms with van der Waals surface area (Å²) in [5.74, 6) is 0.897. The second-order valence-corrected chi connectivity index (χ2v) is 7.95. The molecule has 0 aliphatic carbocycles. The summed E-state index contributed by atoms with van der Waals surface area (Å²) in [7, 11) is 1.84. The summed E-state index contributed by atoms with van der Waals surface area (Å²) in [4.78, 5) is 29.6. The number of thioether (sulfide) groups is 1. The van der Waals surface area contributed by atoms with E-state index in [1.807, 2.05) is 73.1 Å². The maximum absolute atomic E-state index is 12.9. The second-order valence-electron chi connectivity index (χ2n) is 7.01. The lowest BCUT2D eigenvalue weighted by Gasteiger charge is -2.27. The van der Waals surface area contributed by atoms with Crippen molar-refractivity contribution in [1.29, 1.82) is 0 Å². The van der Waals surface area contributed by atoms with Crippen molar-refractivity contribution in [3.8, 4) is 0 Å². The number of rotatable bonds is 4. The van der Waals surface area contributed by atoms with Crippen LogP contribution in [0.5, 0.6) is 0 Å². The molecule has 5 nitrogen and oxygen atoms in total. The quantitative estimate of drug-likeness (QED) is 0.542. The highest BCUT2D eigenvalue weighted by atomic mass is 32.2. The molecular weight excluding hydrogens is 370 g/mol. The van der Waals surface area contributed by atoms with E-state index in [9.17, 15) is 9.59 Å². The Morgan fingerprint density at radius 2 is 1.82 bits per heavy atom. The summed E-state index contributed by atoms with van der Waals surface area (Å²) >= 11 is 1.49. The van der Waals surface area contributed by atoms with Crippen LogP contribution in [0.3, 0.4) is 0 Å². The molecule has 142 valence electrons. The summed E-state index contributed by atoms with van der Waals surface area (Å²) in [5, 5.41) is 3.48. The predicted molar refractivity (Wildman–Crippen MR) is 112 cm³/mol. The minimum atomic E-state index is -0.274. The molecule has 1 N–H and O–H groups in total. The first kappa shape index (κ1) is 18.5. The molecule has 1 amide bonds. The largest absolute Gasteiger partial charge is 0.312 e. The molecule has 28 heavy (non-hydrogen) atoms. The minimum absolute atomic E-state index is 0.0849. The third-order valence-electron chi connectivity index (χ3n) is 4.99. The van der Waals surface area contributed by atoms with Gasteiger partial charge in [-0.1, -0.05) is 71.9 Å². The molecule has 1 aliphatic rings. The lowest BCUT2D eigenvalue weighted by molar-refractivity contribution is -0.116. The first-order chi connectivity index (χ1) is 13.5. The first-order valence-electron chi connectivity index (χ1n) is 9.17. The van der Waals surface area contributed by atoms with Crippen LogP contribution in [-0.4, -0.2) is 15.5 Å². The van der Waals surface area contributed by atoms with Gasteiger partial charge in [-0.05, 0) is 18.1 Å². The number of amides is 1. The van der Waals surface area contributed by atoms with Crippen LogP contribution in [0.15, 0.2) is 64.5 Å². The Morgan fingerprint density at radius 1 is 1.11 bits per heavy atom. The molecule has 1 unspecified atom stereocenters. The number of fused-ring (bicyclic) bond motifs is 1. The standard InChI is InChI=1S/C22H21N3O2S/c1-14-8-10-16(11-9-14)17-12-18(26)23-20-19(17)21(27)24-22(25(20)2)28-13-15-6-4-3-5-7-15/h3-11,17H,12-13H2,1-2H3,(H,23,26). The molecule has 0 fully saturated rings. The van der Waals surface area contributed by atoms with Crippen LogP contribution in [0.4, 0.5) is 5.82 Å². The van der Waals surface area contributed by atoms with Crippen LogP contribution < -0.4 is 10.9 Å². The Balaban J connectivity index is 1.72. The summed E-state index contributed by atoms with van der Waals surface area (Å²) in [5.41, 5.74) is 3.55. The Morgan fingerprint density at radius 3 is 2.54 bits per heavy atom. The molecule has 6 heteroatoms. The van der Waals surface area contributed by atoms with E-state index in [1.54, 1.807) is 0 Å². The molecule has 1 atom stereocenters. The molecule has 4 rings (SSSR count).